The molecule has 2 amide bonds. The molecule has 2 N–H and O–H groups in total. The molecule has 21 heavy (non-hydrogen) atoms. The second kappa shape index (κ2) is 7.39. The van der Waals surface area contributed by atoms with Gasteiger partial charge in [-0.15, -0.1) is 0 Å². The number of hydrogen-bond acceptors (Lipinski definition) is 5. The molecule has 0 aromatic carbocycles. The Morgan fingerprint density at radius 3 is 2.24 bits per heavy atom. The summed E-state index contributed by atoms with van der Waals surface area (Å²) in [6.07, 6.45) is 2.70. The highest BCUT2D eigenvalue weighted by molar-refractivity contribution is 7.92. The summed E-state index contributed by atoms with van der Waals surface area (Å²) in [5.74, 6) is -4.11. The number of rotatable bonds is 6. The minimum absolute atomic E-state index is 0.512. The van der Waals surface area contributed by atoms with Gasteiger partial charge in [0, 0.05) is 20.0 Å². The van der Waals surface area contributed by atoms with Gasteiger partial charge in [0.15, 0.2) is 9.84 Å². The van der Waals surface area contributed by atoms with Crippen LogP contribution in [0.15, 0.2) is 0 Å². The maximum atomic E-state index is 11.9. The standard InChI is InChI=1S/C12H20N2O6S/c1-9(15)13-10(12(17)18)7-21(19,20)8-11(16)14-5-3-2-4-6-14/h10H,2-8H2,1H3,(H,13,15)(H,17,18)/t10-/m0/s1. The van der Waals surface area contributed by atoms with Gasteiger partial charge in [-0.3, -0.25) is 9.59 Å². The summed E-state index contributed by atoms with van der Waals surface area (Å²) in [6, 6.07) is -1.54. The van der Waals surface area contributed by atoms with Crippen LogP contribution < -0.4 is 5.32 Å². The van der Waals surface area contributed by atoms with E-state index in [1.165, 1.54) is 4.90 Å². The smallest absolute Gasteiger partial charge is 0.327 e. The van der Waals surface area contributed by atoms with Crippen molar-refractivity contribution in [2.45, 2.75) is 32.2 Å². The lowest BCUT2D eigenvalue weighted by Gasteiger charge is -2.26. The molecule has 8 nitrogen and oxygen atoms in total. The Morgan fingerprint density at radius 2 is 1.76 bits per heavy atom. The SMILES string of the molecule is CC(=O)N[C@@H](CS(=O)(=O)CC(=O)N1CCCCC1)C(=O)O. The third kappa shape index (κ3) is 6.11. The molecule has 1 rings (SSSR count). The van der Waals surface area contributed by atoms with Gasteiger partial charge >= 0.3 is 5.97 Å². The summed E-state index contributed by atoms with van der Waals surface area (Å²) in [5.41, 5.74) is 0. The predicted molar refractivity (Wildman–Crippen MR) is 74.3 cm³/mol. The van der Waals surface area contributed by atoms with Crippen molar-refractivity contribution in [3.05, 3.63) is 0 Å². The molecule has 0 bridgehead atoms. The van der Waals surface area contributed by atoms with Crippen molar-refractivity contribution in [2.24, 2.45) is 0 Å². The molecule has 1 aliphatic heterocycles. The van der Waals surface area contributed by atoms with Crippen molar-refractivity contribution < 1.29 is 27.9 Å². The van der Waals surface area contributed by atoms with Crippen molar-refractivity contribution >= 4 is 27.6 Å². The Bertz CT molecular complexity index is 510. The molecule has 0 aliphatic carbocycles. The third-order valence-electron chi connectivity index (χ3n) is 3.15. The van der Waals surface area contributed by atoms with E-state index in [2.05, 4.69) is 0 Å². The first-order valence-corrected chi connectivity index (χ1v) is 8.51. The average molecular weight is 320 g/mol. The average Bonchev–Trinajstić information content (AvgIpc) is 2.37. The van der Waals surface area contributed by atoms with E-state index >= 15 is 0 Å². The zero-order chi connectivity index (χ0) is 16.0. The number of sulfone groups is 1. The van der Waals surface area contributed by atoms with Crippen LogP contribution in [0.5, 0.6) is 0 Å². The lowest BCUT2D eigenvalue weighted by molar-refractivity contribution is -0.140. The fourth-order valence-corrected chi connectivity index (χ4v) is 3.57. The fourth-order valence-electron chi connectivity index (χ4n) is 2.16. The van der Waals surface area contributed by atoms with Crippen LogP contribution in [0.3, 0.4) is 0 Å². The highest BCUT2D eigenvalue weighted by Crippen LogP contribution is 2.10. The van der Waals surface area contributed by atoms with Crippen molar-refractivity contribution in [1.29, 1.82) is 0 Å². The van der Waals surface area contributed by atoms with Crippen molar-refractivity contribution in [1.82, 2.24) is 10.2 Å². The summed E-state index contributed by atoms with van der Waals surface area (Å²) < 4.78 is 23.8. The van der Waals surface area contributed by atoms with Crippen LogP contribution in [-0.2, 0) is 24.2 Å². The number of carbonyl (C=O) groups is 3. The van der Waals surface area contributed by atoms with Gasteiger partial charge in [-0.25, -0.2) is 13.2 Å². The summed E-state index contributed by atoms with van der Waals surface area (Å²) >= 11 is 0. The highest BCUT2D eigenvalue weighted by atomic mass is 32.2. The van der Waals surface area contributed by atoms with Crippen LogP contribution >= 0.6 is 0 Å². The minimum Gasteiger partial charge on any atom is -0.480 e. The zero-order valence-electron chi connectivity index (χ0n) is 11.9. The number of amides is 2. The number of hydrogen-bond donors (Lipinski definition) is 2. The molecule has 0 unspecified atom stereocenters. The molecule has 1 heterocycles. The molecule has 9 heteroatoms. The molecule has 0 saturated carbocycles. The molecule has 0 spiro atoms. The lowest BCUT2D eigenvalue weighted by atomic mass is 10.1. The van der Waals surface area contributed by atoms with E-state index in [4.69, 9.17) is 5.11 Å². The van der Waals surface area contributed by atoms with Gasteiger partial charge in [-0.1, -0.05) is 0 Å². The van der Waals surface area contributed by atoms with Crippen LogP contribution in [-0.4, -0.2) is 66.8 Å². The number of aliphatic carboxylic acids is 1. The monoisotopic (exact) mass is 320 g/mol. The molecule has 0 radical (unpaired) electrons. The van der Waals surface area contributed by atoms with E-state index in [9.17, 15) is 22.8 Å². The van der Waals surface area contributed by atoms with E-state index < -0.39 is 45.2 Å². The summed E-state index contributed by atoms with van der Waals surface area (Å²) in [6.45, 7) is 2.16. The van der Waals surface area contributed by atoms with Gasteiger partial charge in [0.2, 0.25) is 11.8 Å². The van der Waals surface area contributed by atoms with Gasteiger partial charge in [0.25, 0.3) is 0 Å². The number of piperidine rings is 1. The Labute approximate surface area is 123 Å². The minimum atomic E-state index is -3.91. The quantitative estimate of drug-likeness (QED) is 0.648. The number of likely N-dealkylation sites (tertiary alicyclic amines) is 1. The molecular formula is C12H20N2O6S. The second-order valence-electron chi connectivity index (χ2n) is 5.09. The molecule has 1 atom stereocenters. The van der Waals surface area contributed by atoms with Gasteiger partial charge in [0.05, 0.1) is 5.75 Å². The van der Waals surface area contributed by atoms with Crippen LogP contribution in [0.2, 0.25) is 0 Å². The Kier molecular flexibility index (Phi) is 6.13. The number of nitrogens with one attached hydrogen (secondary N) is 1. The topological polar surface area (TPSA) is 121 Å². The van der Waals surface area contributed by atoms with Crippen molar-refractivity contribution in [3.8, 4) is 0 Å². The third-order valence-corrected chi connectivity index (χ3v) is 4.68. The fraction of sp³-hybridized carbons (Fsp3) is 0.750. The van der Waals surface area contributed by atoms with Gasteiger partial charge in [0.1, 0.15) is 11.8 Å². The maximum Gasteiger partial charge on any atom is 0.327 e. The Hall–Kier alpha value is -1.64. The van der Waals surface area contributed by atoms with E-state index in [1.807, 2.05) is 5.32 Å². The van der Waals surface area contributed by atoms with Gasteiger partial charge in [-0.05, 0) is 19.3 Å². The largest absolute Gasteiger partial charge is 0.480 e. The van der Waals surface area contributed by atoms with Crippen LogP contribution in [0.4, 0.5) is 0 Å². The van der Waals surface area contributed by atoms with Crippen molar-refractivity contribution in [3.63, 3.8) is 0 Å². The van der Waals surface area contributed by atoms with E-state index in [-0.39, 0.29) is 0 Å². The summed E-state index contributed by atoms with van der Waals surface area (Å²) in [7, 11) is -3.91. The van der Waals surface area contributed by atoms with Gasteiger partial charge < -0.3 is 15.3 Å². The Morgan fingerprint density at radius 1 is 1.19 bits per heavy atom. The van der Waals surface area contributed by atoms with Crippen LogP contribution in [0, 0.1) is 0 Å². The number of carboxylic acid groups (broad SMARTS) is 1. The van der Waals surface area contributed by atoms with Crippen LogP contribution in [0.25, 0.3) is 0 Å². The van der Waals surface area contributed by atoms with Crippen molar-refractivity contribution in [2.75, 3.05) is 24.6 Å². The molecule has 120 valence electrons. The number of carbonyl (C=O) groups excluding carboxylic acids is 2. The summed E-state index contributed by atoms with van der Waals surface area (Å²) in [5, 5.41) is 10.9. The van der Waals surface area contributed by atoms with Gasteiger partial charge in [-0.2, -0.15) is 0 Å². The molecule has 1 fully saturated rings. The Balaban J connectivity index is 2.64. The maximum absolute atomic E-state index is 11.9. The first-order valence-electron chi connectivity index (χ1n) is 6.69. The zero-order valence-corrected chi connectivity index (χ0v) is 12.7. The van der Waals surface area contributed by atoms with E-state index in [1.54, 1.807) is 0 Å². The molecule has 0 aromatic rings. The number of carboxylic acids is 1. The second-order valence-corrected chi connectivity index (χ2v) is 7.20. The molecular weight excluding hydrogens is 300 g/mol. The molecule has 1 aliphatic rings. The normalized spacial score (nSPS) is 17.1. The lowest BCUT2D eigenvalue weighted by Crippen LogP contribution is -2.46. The first kappa shape index (κ1) is 17.4. The molecule has 0 aromatic heterocycles. The predicted octanol–water partition coefficient (Wildman–Crippen LogP) is -0.997. The van der Waals surface area contributed by atoms with E-state index in [0.717, 1.165) is 26.2 Å². The van der Waals surface area contributed by atoms with Crippen LogP contribution in [0.1, 0.15) is 26.2 Å². The summed E-state index contributed by atoms with van der Waals surface area (Å²) in [4.78, 5) is 35.2. The van der Waals surface area contributed by atoms with E-state index in [0.29, 0.717) is 13.1 Å². The molecule has 1 saturated heterocycles. The number of nitrogens with zero attached hydrogens (tertiary/aromatic N) is 1. The highest BCUT2D eigenvalue weighted by Gasteiger charge is 2.29. The first-order chi connectivity index (χ1) is 9.71.